The Hall–Kier alpha value is -3.95. The zero-order valence-electron chi connectivity index (χ0n) is 15.9. The summed E-state index contributed by atoms with van der Waals surface area (Å²) in [5.74, 6) is -0.856. The molecule has 0 spiro atoms. The van der Waals surface area contributed by atoms with Crippen molar-refractivity contribution in [1.29, 1.82) is 0 Å². The highest BCUT2D eigenvalue weighted by atomic mass is 16.6. The summed E-state index contributed by atoms with van der Waals surface area (Å²) < 4.78 is 10.9. The molecule has 0 atom stereocenters. The van der Waals surface area contributed by atoms with Gasteiger partial charge in [-0.1, -0.05) is 0 Å². The van der Waals surface area contributed by atoms with Gasteiger partial charge in [-0.2, -0.15) is 0 Å². The Morgan fingerprint density at radius 3 is 2.34 bits per heavy atom. The van der Waals surface area contributed by atoms with E-state index >= 15 is 0 Å². The Labute approximate surface area is 165 Å². The molecule has 0 bridgehead atoms. The summed E-state index contributed by atoms with van der Waals surface area (Å²) in [5, 5.41) is 11.3. The Kier molecular flexibility index (Phi) is 5.18. The van der Waals surface area contributed by atoms with Crippen molar-refractivity contribution < 1.29 is 28.5 Å². The van der Waals surface area contributed by atoms with E-state index in [0.29, 0.717) is 11.3 Å². The third kappa shape index (κ3) is 3.59. The first-order valence-electron chi connectivity index (χ1n) is 8.57. The Balaban J connectivity index is 1.95. The number of imide groups is 2. The fourth-order valence-corrected chi connectivity index (χ4v) is 2.79. The maximum atomic E-state index is 12.3. The highest BCUT2D eigenvalue weighted by Crippen LogP contribution is 2.33. The van der Waals surface area contributed by atoms with E-state index in [0.717, 1.165) is 9.80 Å². The number of furan rings is 1. The summed E-state index contributed by atoms with van der Waals surface area (Å²) in [6.07, 6.45) is 1.23. The molecule has 3 rings (SSSR count). The van der Waals surface area contributed by atoms with Crippen molar-refractivity contribution in [2.45, 2.75) is 6.92 Å². The average Bonchev–Trinajstić information content (AvgIpc) is 3.17. The van der Waals surface area contributed by atoms with Crippen LogP contribution in [0.5, 0.6) is 5.75 Å². The number of hydrogen-bond acceptors (Lipinski definition) is 7. The van der Waals surface area contributed by atoms with Crippen LogP contribution in [0.2, 0.25) is 0 Å². The molecule has 2 heterocycles. The van der Waals surface area contributed by atoms with Crippen LogP contribution in [0.25, 0.3) is 17.4 Å². The largest absolute Gasteiger partial charge is 0.487 e. The van der Waals surface area contributed by atoms with Gasteiger partial charge in [0.15, 0.2) is 5.75 Å². The van der Waals surface area contributed by atoms with E-state index in [9.17, 15) is 24.5 Å². The van der Waals surface area contributed by atoms with Crippen molar-refractivity contribution in [3.63, 3.8) is 0 Å². The summed E-state index contributed by atoms with van der Waals surface area (Å²) >= 11 is 0. The van der Waals surface area contributed by atoms with Gasteiger partial charge in [0.1, 0.15) is 17.1 Å². The summed E-state index contributed by atoms with van der Waals surface area (Å²) in [6.45, 7) is 2.01. The quantitative estimate of drug-likeness (QED) is 0.328. The molecule has 0 aliphatic carbocycles. The van der Waals surface area contributed by atoms with E-state index < -0.39 is 22.8 Å². The smallest absolute Gasteiger partial charge is 0.333 e. The molecule has 29 heavy (non-hydrogen) atoms. The lowest BCUT2D eigenvalue weighted by Crippen LogP contribution is -2.52. The van der Waals surface area contributed by atoms with Crippen molar-refractivity contribution >= 4 is 29.6 Å². The molecule has 1 aliphatic heterocycles. The Morgan fingerprint density at radius 1 is 1.10 bits per heavy atom. The van der Waals surface area contributed by atoms with Gasteiger partial charge in [0.05, 0.1) is 11.5 Å². The van der Waals surface area contributed by atoms with Crippen LogP contribution in [0.4, 0.5) is 10.5 Å². The van der Waals surface area contributed by atoms with Crippen molar-refractivity contribution in [3.05, 3.63) is 51.8 Å². The van der Waals surface area contributed by atoms with E-state index in [2.05, 4.69) is 0 Å². The number of urea groups is 1. The van der Waals surface area contributed by atoms with Crippen molar-refractivity contribution in [2.75, 3.05) is 20.7 Å². The van der Waals surface area contributed by atoms with Crippen LogP contribution >= 0.6 is 0 Å². The second-order valence-corrected chi connectivity index (χ2v) is 6.14. The van der Waals surface area contributed by atoms with Gasteiger partial charge < -0.3 is 9.15 Å². The third-order valence-electron chi connectivity index (χ3n) is 4.30. The number of nitro benzene ring substituents is 1. The fourth-order valence-electron chi connectivity index (χ4n) is 2.79. The van der Waals surface area contributed by atoms with Gasteiger partial charge in [0, 0.05) is 25.7 Å². The topological polar surface area (TPSA) is 123 Å². The van der Waals surface area contributed by atoms with Crippen LogP contribution in [0, 0.1) is 10.1 Å². The van der Waals surface area contributed by atoms with E-state index in [4.69, 9.17) is 9.15 Å². The Morgan fingerprint density at radius 2 is 1.76 bits per heavy atom. The van der Waals surface area contributed by atoms with Gasteiger partial charge >= 0.3 is 11.7 Å². The molecule has 0 radical (unpaired) electrons. The van der Waals surface area contributed by atoms with E-state index in [-0.39, 0.29) is 29.4 Å². The molecular weight excluding hydrogens is 382 g/mol. The van der Waals surface area contributed by atoms with Crippen LogP contribution < -0.4 is 4.74 Å². The molecule has 150 valence electrons. The number of barbiturate groups is 1. The first-order valence-corrected chi connectivity index (χ1v) is 8.57. The monoisotopic (exact) mass is 399 g/mol. The SMILES string of the molecule is CCOc1ccc(-c2ccc(C=C3C(=O)N(C)C(=O)N(C)C3=O)o2)cc1[N+](=O)[O-]. The van der Waals surface area contributed by atoms with Crippen molar-refractivity contribution in [1.82, 2.24) is 9.80 Å². The number of nitrogens with zero attached hydrogens (tertiary/aromatic N) is 3. The molecular formula is C19H17N3O7. The summed E-state index contributed by atoms with van der Waals surface area (Å²) in [6, 6.07) is 6.74. The van der Waals surface area contributed by atoms with Crippen LogP contribution in [-0.2, 0) is 9.59 Å². The van der Waals surface area contributed by atoms with Gasteiger partial charge in [-0.3, -0.25) is 29.5 Å². The second kappa shape index (κ2) is 7.58. The predicted octanol–water partition coefficient (Wildman–Crippen LogP) is 2.69. The molecule has 10 heteroatoms. The zero-order valence-corrected chi connectivity index (χ0v) is 15.9. The molecule has 1 saturated heterocycles. The molecule has 1 aromatic heterocycles. The molecule has 1 aliphatic rings. The molecule has 4 amide bonds. The number of rotatable bonds is 5. The normalized spacial score (nSPS) is 14.4. The zero-order chi connectivity index (χ0) is 21.3. The standard InChI is InChI=1S/C19H17N3O7/c1-4-28-16-7-5-11(9-14(16)22(26)27)15-8-6-12(29-15)10-13-17(23)20(2)19(25)21(3)18(13)24/h5-10H,4H2,1-3H3. The summed E-state index contributed by atoms with van der Waals surface area (Å²) in [4.78, 5) is 48.7. The number of nitro groups is 1. The lowest BCUT2D eigenvalue weighted by atomic mass is 10.1. The maximum absolute atomic E-state index is 12.3. The summed E-state index contributed by atoms with van der Waals surface area (Å²) in [7, 11) is 2.54. The molecule has 0 unspecified atom stereocenters. The molecule has 0 N–H and O–H groups in total. The number of likely N-dealkylation sites (N-methyl/N-ethyl adjacent to an activating group) is 2. The van der Waals surface area contributed by atoms with Crippen molar-refractivity contribution in [2.24, 2.45) is 0 Å². The van der Waals surface area contributed by atoms with Crippen LogP contribution in [0.3, 0.4) is 0 Å². The highest BCUT2D eigenvalue weighted by molar-refractivity contribution is 6.30. The number of carbonyl (C=O) groups is 3. The molecule has 0 saturated carbocycles. The Bertz CT molecular complexity index is 1030. The molecule has 1 aromatic carbocycles. The minimum Gasteiger partial charge on any atom is -0.487 e. The van der Waals surface area contributed by atoms with Crippen LogP contribution in [-0.4, -0.2) is 53.3 Å². The predicted molar refractivity (Wildman–Crippen MR) is 101 cm³/mol. The minimum atomic E-state index is -0.743. The van der Waals surface area contributed by atoms with Gasteiger partial charge in [-0.25, -0.2) is 4.79 Å². The summed E-state index contributed by atoms with van der Waals surface area (Å²) in [5.41, 5.74) is -0.0104. The lowest BCUT2D eigenvalue weighted by Gasteiger charge is -2.28. The van der Waals surface area contributed by atoms with Gasteiger partial charge in [0.25, 0.3) is 11.8 Å². The maximum Gasteiger partial charge on any atom is 0.333 e. The van der Waals surface area contributed by atoms with Gasteiger partial charge in [-0.15, -0.1) is 0 Å². The van der Waals surface area contributed by atoms with E-state index in [1.807, 2.05) is 0 Å². The van der Waals surface area contributed by atoms with Crippen LogP contribution in [0.1, 0.15) is 12.7 Å². The van der Waals surface area contributed by atoms with Gasteiger partial charge in [0.2, 0.25) is 0 Å². The molecule has 1 fully saturated rings. The van der Waals surface area contributed by atoms with E-state index in [1.54, 1.807) is 19.1 Å². The molecule has 2 aromatic rings. The highest BCUT2D eigenvalue weighted by Gasteiger charge is 2.38. The number of amides is 4. The van der Waals surface area contributed by atoms with Gasteiger partial charge in [-0.05, 0) is 37.3 Å². The second-order valence-electron chi connectivity index (χ2n) is 6.14. The van der Waals surface area contributed by atoms with Crippen LogP contribution in [0.15, 0.2) is 40.3 Å². The van der Waals surface area contributed by atoms with E-state index in [1.165, 1.54) is 38.4 Å². The third-order valence-corrected chi connectivity index (χ3v) is 4.30. The minimum absolute atomic E-state index is 0.143. The fraction of sp³-hybridized carbons (Fsp3) is 0.211. The number of hydrogen-bond donors (Lipinski definition) is 0. The number of carbonyl (C=O) groups excluding carboxylic acids is 3. The number of ether oxygens (including phenoxy) is 1. The first kappa shape index (κ1) is 19.8. The number of benzene rings is 1. The lowest BCUT2D eigenvalue weighted by molar-refractivity contribution is -0.385. The first-order chi connectivity index (χ1) is 13.7. The van der Waals surface area contributed by atoms with Crippen molar-refractivity contribution in [3.8, 4) is 17.1 Å². The molecule has 10 nitrogen and oxygen atoms in total. The average molecular weight is 399 g/mol.